The fourth-order valence-corrected chi connectivity index (χ4v) is 14.5. The molecule has 1 aliphatic heterocycles. The van der Waals surface area contributed by atoms with E-state index in [1.165, 1.54) is 146 Å². The molecule has 1 aromatic heterocycles. The van der Waals surface area contributed by atoms with Gasteiger partial charge in [0, 0.05) is 19.9 Å². The minimum atomic E-state index is 0.371. The summed E-state index contributed by atoms with van der Waals surface area (Å²) in [6.07, 6.45) is 3.47. The molecule has 0 nitrogen and oxygen atoms in total. The molecule has 15 rings (SSSR count). The molecule has 0 bridgehead atoms. The lowest BCUT2D eigenvalue weighted by Crippen LogP contribution is -1.92. The van der Waals surface area contributed by atoms with Crippen LogP contribution in [-0.4, -0.2) is 0 Å². The Kier molecular flexibility index (Phi) is 10.2. The molecule has 1 unspecified atom stereocenters. The summed E-state index contributed by atoms with van der Waals surface area (Å²) in [6, 6.07) is 95.2. The zero-order valence-electron chi connectivity index (χ0n) is 40.4. The molecule has 74 heavy (non-hydrogen) atoms. The van der Waals surface area contributed by atoms with Crippen LogP contribution in [0.3, 0.4) is 0 Å². The zero-order chi connectivity index (χ0) is 48.7. The molecular weight excluding hydrogens is 929 g/mol. The smallest absolute Gasteiger partial charge is 0.0473 e. The highest BCUT2D eigenvalue weighted by molar-refractivity contribution is 8.08. The van der Waals surface area contributed by atoms with Gasteiger partial charge in [-0.05, 0) is 174 Å². The summed E-state index contributed by atoms with van der Waals surface area (Å²) in [5.41, 5.74) is 12.7. The van der Waals surface area contributed by atoms with Gasteiger partial charge < -0.3 is 0 Å². The van der Waals surface area contributed by atoms with E-state index in [0.717, 1.165) is 6.42 Å². The predicted molar refractivity (Wildman–Crippen MR) is 323 cm³/mol. The van der Waals surface area contributed by atoms with Crippen LogP contribution in [-0.2, 0) is 0 Å². The van der Waals surface area contributed by atoms with Crippen molar-refractivity contribution in [3.63, 3.8) is 0 Å². The van der Waals surface area contributed by atoms with E-state index in [9.17, 15) is 0 Å². The van der Waals surface area contributed by atoms with Crippen LogP contribution in [0.2, 0.25) is 0 Å². The molecule has 13 aromatic carbocycles. The molecule has 0 spiro atoms. The topological polar surface area (TPSA) is 0 Å². The van der Waals surface area contributed by atoms with Gasteiger partial charge in [0.2, 0.25) is 0 Å². The molecule has 1 aliphatic rings. The lowest BCUT2D eigenvalue weighted by atomic mass is 9.84. The van der Waals surface area contributed by atoms with Gasteiger partial charge in [-0.25, -0.2) is 0 Å². The Labute approximate surface area is 438 Å². The highest BCUT2D eigenvalue weighted by Crippen LogP contribution is 2.52. The van der Waals surface area contributed by atoms with Gasteiger partial charge >= 0.3 is 0 Å². The third-order valence-electron chi connectivity index (χ3n) is 15.5. The monoisotopic (exact) mass is 974 g/mol. The zero-order valence-corrected chi connectivity index (χ0v) is 42.1. The number of fused-ring (bicyclic) bond motifs is 7. The summed E-state index contributed by atoms with van der Waals surface area (Å²) in [5, 5.41) is 18.1. The van der Waals surface area contributed by atoms with Crippen LogP contribution < -0.4 is 0 Å². The van der Waals surface area contributed by atoms with Gasteiger partial charge in [0.15, 0.2) is 0 Å². The van der Waals surface area contributed by atoms with Crippen LogP contribution in [0.1, 0.15) is 22.1 Å². The van der Waals surface area contributed by atoms with Crippen molar-refractivity contribution in [3.05, 3.63) is 271 Å². The molecule has 0 saturated heterocycles. The van der Waals surface area contributed by atoms with Gasteiger partial charge in [-0.15, -0.1) is 23.1 Å². The quantitative estimate of drug-likeness (QED) is 0.143. The Morgan fingerprint density at radius 3 is 1.11 bits per heavy atom. The van der Waals surface area contributed by atoms with Crippen molar-refractivity contribution in [2.24, 2.45) is 0 Å². The Bertz CT molecular complexity index is 4550. The average Bonchev–Trinajstić information content (AvgIpc) is 4.17. The SMILES string of the molecule is C1=C(c2ccc(-c3c4ccccc4c(-c4ccc5ccccc5c4)c4ccccc34)cc2)SC(c2ccc(-c3ccc4c(-c5ccc6ccccc6c5)c5ccccc5c(-c5ccc6ccccc6c5)c4c3)s2)C1. The Hall–Kier alpha value is -8.53. The van der Waals surface area contributed by atoms with E-state index < -0.39 is 0 Å². The molecular formula is C72H46S2. The fraction of sp³-hybridized carbons (Fsp3) is 0.0278. The maximum atomic E-state index is 2.48. The summed E-state index contributed by atoms with van der Waals surface area (Å²) in [6.45, 7) is 0. The standard InChI is InChI=1S/C72H46S2/c1-4-16-50-41-54(32-25-45(50)13-1)70-59-21-9-7-19-57(59)69(58-20-8-10-22-60(58)70)49-30-28-48(29-31-49)65-37-39-67(73-65)68-40-38-66(74-68)53-35-36-63-64(44-53)72(56-34-27-47-15-3-6-18-52(47)43-56)62-24-12-11-23-61(62)71(63)55-33-26-46-14-2-5-17-51(46)42-55/h1-38,40-44,67H,39H2. The van der Waals surface area contributed by atoms with Gasteiger partial charge in [-0.1, -0.05) is 224 Å². The highest BCUT2D eigenvalue weighted by atomic mass is 32.2. The first-order valence-electron chi connectivity index (χ1n) is 25.6. The van der Waals surface area contributed by atoms with Crippen LogP contribution >= 0.6 is 23.1 Å². The fourth-order valence-electron chi connectivity index (χ4n) is 12.0. The van der Waals surface area contributed by atoms with Gasteiger partial charge in [-0.2, -0.15) is 0 Å². The third-order valence-corrected chi connectivity index (χ3v) is 18.3. The van der Waals surface area contributed by atoms with E-state index in [1.807, 2.05) is 23.1 Å². The number of hydrogen-bond donors (Lipinski definition) is 0. The average molecular weight is 975 g/mol. The van der Waals surface area contributed by atoms with Crippen molar-refractivity contribution in [2.45, 2.75) is 11.7 Å². The lowest BCUT2D eigenvalue weighted by molar-refractivity contribution is 1.02. The molecule has 0 radical (unpaired) electrons. The van der Waals surface area contributed by atoms with Crippen molar-refractivity contribution in [1.29, 1.82) is 0 Å². The predicted octanol–water partition coefficient (Wildman–Crippen LogP) is 21.4. The minimum Gasteiger partial charge on any atom is -0.139 e. The number of hydrogen-bond acceptors (Lipinski definition) is 2. The minimum absolute atomic E-state index is 0.371. The first kappa shape index (κ1) is 43.1. The summed E-state index contributed by atoms with van der Waals surface area (Å²) in [7, 11) is 0. The van der Waals surface area contributed by atoms with Gasteiger partial charge in [0.05, 0.1) is 0 Å². The van der Waals surface area contributed by atoms with Gasteiger partial charge in [0.1, 0.15) is 0 Å². The second-order valence-corrected chi connectivity index (χ2v) is 22.1. The first-order chi connectivity index (χ1) is 36.7. The molecule has 0 saturated carbocycles. The lowest BCUT2D eigenvalue weighted by Gasteiger charge is -2.19. The normalized spacial score (nSPS) is 13.8. The summed E-state index contributed by atoms with van der Waals surface area (Å²) in [4.78, 5) is 4.08. The molecule has 0 aliphatic carbocycles. The molecule has 2 heterocycles. The van der Waals surface area contributed by atoms with E-state index in [2.05, 4.69) is 261 Å². The molecule has 0 N–H and O–H groups in total. The van der Waals surface area contributed by atoms with Crippen molar-refractivity contribution in [3.8, 4) is 54.9 Å². The largest absolute Gasteiger partial charge is 0.139 e. The van der Waals surface area contributed by atoms with Gasteiger partial charge in [-0.3, -0.25) is 0 Å². The van der Waals surface area contributed by atoms with E-state index >= 15 is 0 Å². The molecule has 0 amide bonds. The second kappa shape index (κ2) is 17.6. The summed E-state index contributed by atoms with van der Waals surface area (Å²) >= 11 is 3.95. The van der Waals surface area contributed by atoms with E-state index in [1.54, 1.807) is 0 Å². The number of thiophene rings is 1. The molecule has 346 valence electrons. The van der Waals surface area contributed by atoms with Crippen molar-refractivity contribution in [1.82, 2.24) is 0 Å². The number of rotatable bonds is 7. The molecule has 0 fully saturated rings. The highest BCUT2D eigenvalue weighted by Gasteiger charge is 2.25. The molecule has 2 heteroatoms. The Morgan fingerprint density at radius 2 is 0.635 bits per heavy atom. The maximum absolute atomic E-state index is 2.48. The third kappa shape index (κ3) is 7.20. The second-order valence-electron chi connectivity index (χ2n) is 19.8. The van der Waals surface area contributed by atoms with Crippen LogP contribution in [0.5, 0.6) is 0 Å². The number of thioether (sulfide) groups is 1. The van der Waals surface area contributed by atoms with E-state index in [0.29, 0.717) is 5.25 Å². The molecule has 14 aromatic rings. The summed E-state index contributed by atoms with van der Waals surface area (Å²) in [5.74, 6) is 0. The maximum Gasteiger partial charge on any atom is 0.0473 e. The van der Waals surface area contributed by atoms with Crippen LogP contribution in [0.15, 0.2) is 261 Å². The van der Waals surface area contributed by atoms with Crippen molar-refractivity contribution >= 4 is 103 Å². The Balaban J connectivity index is 0.768. The van der Waals surface area contributed by atoms with Crippen LogP contribution in [0, 0.1) is 0 Å². The van der Waals surface area contributed by atoms with Crippen molar-refractivity contribution in [2.75, 3.05) is 0 Å². The van der Waals surface area contributed by atoms with Crippen molar-refractivity contribution < 1.29 is 0 Å². The Morgan fingerprint density at radius 1 is 0.270 bits per heavy atom. The van der Waals surface area contributed by atoms with Gasteiger partial charge in [0.25, 0.3) is 0 Å². The number of allylic oxidation sites excluding steroid dienone is 1. The number of benzene rings is 13. The van der Waals surface area contributed by atoms with E-state index in [-0.39, 0.29) is 0 Å². The van der Waals surface area contributed by atoms with Crippen LogP contribution in [0.25, 0.3) is 135 Å². The van der Waals surface area contributed by atoms with E-state index in [4.69, 9.17) is 0 Å². The molecule has 1 atom stereocenters. The van der Waals surface area contributed by atoms with Crippen LogP contribution in [0.4, 0.5) is 0 Å². The summed E-state index contributed by atoms with van der Waals surface area (Å²) < 4.78 is 0. The first-order valence-corrected chi connectivity index (χ1v) is 27.3.